The third kappa shape index (κ3) is 3.32. The molecule has 0 saturated heterocycles. The molecule has 1 aromatic heterocycles. The van der Waals surface area contributed by atoms with Crippen molar-refractivity contribution in [2.75, 3.05) is 30.4 Å². The van der Waals surface area contributed by atoms with Gasteiger partial charge in [-0.2, -0.15) is 4.98 Å². The van der Waals surface area contributed by atoms with Crippen LogP contribution in [-0.4, -0.2) is 30.1 Å². The van der Waals surface area contributed by atoms with Crippen molar-refractivity contribution < 1.29 is 0 Å². The third-order valence-corrected chi connectivity index (χ3v) is 4.69. The summed E-state index contributed by atoms with van der Waals surface area (Å²) in [6.07, 6.45) is 6.81. The number of aromatic nitrogens is 2. The highest BCUT2D eigenvalue weighted by atomic mass is 15.2. The van der Waals surface area contributed by atoms with Gasteiger partial charge in [0.25, 0.3) is 0 Å². The van der Waals surface area contributed by atoms with E-state index in [0.717, 1.165) is 41.7 Å². The third-order valence-electron chi connectivity index (χ3n) is 4.69. The van der Waals surface area contributed by atoms with Crippen LogP contribution in [0.1, 0.15) is 39.0 Å². The molecule has 0 amide bonds. The molecule has 1 saturated carbocycles. The van der Waals surface area contributed by atoms with E-state index in [1.54, 1.807) is 0 Å². The molecule has 22 heavy (non-hydrogen) atoms. The van der Waals surface area contributed by atoms with Crippen molar-refractivity contribution in [2.24, 2.45) is 5.92 Å². The lowest BCUT2D eigenvalue weighted by molar-refractivity contribution is 0.373. The smallest absolute Gasteiger partial charge is 0.225 e. The van der Waals surface area contributed by atoms with Crippen LogP contribution in [0.3, 0.4) is 0 Å². The van der Waals surface area contributed by atoms with Crippen LogP contribution >= 0.6 is 0 Å². The SMILES string of the molecule is CCN(C)c1nc(NCC2CCCCC2)nc2ccccc12. The molecule has 0 spiro atoms. The highest BCUT2D eigenvalue weighted by Crippen LogP contribution is 2.26. The summed E-state index contributed by atoms with van der Waals surface area (Å²) in [4.78, 5) is 11.6. The minimum atomic E-state index is 0.763. The topological polar surface area (TPSA) is 41.1 Å². The molecule has 1 fully saturated rings. The van der Waals surface area contributed by atoms with Crippen LogP contribution in [0.2, 0.25) is 0 Å². The predicted molar refractivity (Wildman–Crippen MR) is 93.5 cm³/mol. The Morgan fingerprint density at radius 2 is 1.91 bits per heavy atom. The van der Waals surface area contributed by atoms with Gasteiger partial charge in [0.15, 0.2) is 0 Å². The van der Waals surface area contributed by atoms with Crippen LogP contribution in [0.4, 0.5) is 11.8 Å². The Balaban J connectivity index is 1.82. The highest BCUT2D eigenvalue weighted by Gasteiger charge is 2.15. The minimum absolute atomic E-state index is 0.763. The van der Waals surface area contributed by atoms with Crippen molar-refractivity contribution in [3.05, 3.63) is 24.3 Å². The number of para-hydroxylation sites is 1. The van der Waals surface area contributed by atoms with Gasteiger partial charge in [-0.05, 0) is 37.8 Å². The number of hydrogen-bond donors (Lipinski definition) is 1. The summed E-state index contributed by atoms with van der Waals surface area (Å²) in [6, 6.07) is 8.25. The Morgan fingerprint density at radius 1 is 1.14 bits per heavy atom. The van der Waals surface area contributed by atoms with Gasteiger partial charge in [0.1, 0.15) is 5.82 Å². The van der Waals surface area contributed by atoms with Crippen LogP contribution in [0.15, 0.2) is 24.3 Å². The van der Waals surface area contributed by atoms with Crippen LogP contribution in [0.5, 0.6) is 0 Å². The molecular weight excluding hydrogens is 272 g/mol. The maximum atomic E-state index is 4.76. The molecule has 0 radical (unpaired) electrons. The molecule has 2 aromatic rings. The first-order chi connectivity index (χ1) is 10.8. The van der Waals surface area contributed by atoms with Gasteiger partial charge < -0.3 is 10.2 Å². The normalized spacial score (nSPS) is 15.9. The van der Waals surface area contributed by atoms with E-state index in [-0.39, 0.29) is 0 Å². The summed E-state index contributed by atoms with van der Waals surface area (Å²) in [7, 11) is 2.08. The van der Waals surface area contributed by atoms with Crippen molar-refractivity contribution in [2.45, 2.75) is 39.0 Å². The van der Waals surface area contributed by atoms with E-state index in [2.05, 4.69) is 41.3 Å². The Bertz CT molecular complexity index is 620. The fraction of sp³-hybridized carbons (Fsp3) is 0.556. The number of benzene rings is 1. The van der Waals surface area contributed by atoms with Gasteiger partial charge >= 0.3 is 0 Å². The molecule has 1 aromatic carbocycles. The zero-order valence-electron chi connectivity index (χ0n) is 13.7. The molecule has 0 atom stereocenters. The largest absolute Gasteiger partial charge is 0.359 e. The van der Waals surface area contributed by atoms with Crippen LogP contribution in [-0.2, 0) is 0 Å². The van der Waals surface area contributed by atoms with Crippen molar-refractivity contribution >= 4 is 22.7 Å². The molecule has 4 heteroatoms. The summed E-state index contributed by atoms with van der Waals surface area (Å²) in [5.74, 6) is 2.55. The van der Waals surface area contributed by atoms with Crippen molar-refractivity contribution in [1.82, 2.24) is 9.97 Å². The average Bonchev–Trinajstić information content (AvgIpc) is 2.59. The van der Waals surface area contributed by atoms with Gasteiger partial charge in [0, 0.05) is 25.5 Å². The molecule has 4 nitrogen and oxygen atoms in total. The molecule has 1 N–H and O–H groups in total. The van der Waals surface area contributed by atoms with Gasteiger partial charge in [-0.1, -0.05) is 31.4 Å². The number of anilines is 2. The number of hydrogen-bond acceptors (Lipinski definition) is 4. The Morgan fingerprint density at radius 3 is 2.68 bits per heavy atom. The first-order valence-electron chi connectivity index (χ1n) is 8.49. The molecule has 0 bridgehead atoms. The summed E-state index contributed by atoms with van der Waals surface area (Å²) < 4.78 is 0. The Hall–Kier alpha value is -1.84. The fourth-order valence-corrected chi connectivity index (χ4v) is 3.21. The molecular formula is C18H26N4. The lowest BCUT2D eigenvalue weighted by atomic mass is 9.89. The number of nitrogens with one attached hydrogen (secondary N) is 1. The summed E-state index contributed by atoms with van der Waals surface area (Å²) in [5, 5.41) is 4.60. The van der Waals surface area contributed by atoms with Crippen LogP contribution < -0.4 is 10.2 Å². The molecule has 3 rings (SSSR count). The van der Waals surface area contributed by atoms with Gasteiger partial charge in [0.2, 0.25) is 5.95 Å². The molecule has 1 aliphatic rings. The van der Waals surface area contributed by atoms with E-state index < -0.39 is 0 Å². The van der Waals surface area contributed by atoms with Crippen LogP contribution in [0, 0.1) is 5.92 Å². The maximum absolute atomic E-state index is 4.76. The first kappa shape index (κ1) is 15.1. The Labute approximate surface area is 133 Å². The van der Waals surface area contributed by atoms with Gasteiger partial charge in [-0.25, -0.2) is 4.98 Å². The molecule has 0 unspecified atom stereocenters. The highest BCUT2D eigenvalue weighted by molar-refractivity contribution is 5.90. The standard InChI is InChI=1S/C18H26N4/c1-3-22(2)17-15-11-7-8-12-16(15)20-18(21-17)19-13-14-9-5-4-6-10-14/h7-8,11-12,14H,3-6,9-10,13H2,1-2H3,(H,19,20,21). The Kier molecular flexibility index (Phi) is 4.76. The van der Waals surface area contributed by atoms with Gasteiger partial charge in [-0.15, -0.1) is 0 Å². The zero-order valence-corrected chi connectivity index (χ0v) is 13.7. The maximum Gasteiger partial charge on any atom is 0.225 e. The van der Waals surface area contributed by atoms with Gasteiger partial charge in [-0.3, -0.25) is 0 Å². The average molecular weight is 298 g/mol. The minimum Gasteiger partial charge on any atom is -0.359 e. The van der Waals surface area contributed by atoms with Crippen molar-refractivity contribution in [1.29, 1.82) is 0 Å². The summed E-state index contributed by atoms with van der Waals surface area (Å²) in [6.45, 7) is 4.07. The van der Waals surface area contributed by atoms with Gasteiger partial charge in [0.05, 0.1) is 5.52 Å². The quantitative estimate of drug-likeness (QED) is 0.903. The molecule has 1 aliphatic carbocycles. The van der Waals surface area contributed by atoms with E-state index in [1.165, 1.54) is 32.1 Å². The summed E-state index contributed by atoms with van der Waals surface area (Å²) in [5.41, 5.74) is 1.01. The van der Waals surface area contributed by atoms with E-state index >= 15 is 0 Å². The van der Waals surface area contributed by atoms with E-state index in [9.17, 15) is 0 Å². The van der Waals surface area contributed by atoms with E-state index in [1.807, 2.05) is 12.1 Å². The molecule has 118 valence electrons. The second kappa shape index (κ2) is 6.95. The second-order valence-corrected chi connectivity index (χ2v) is 6.29. The number of rotatable bonds is 5. The van der Waals surface area contributed by atoms with Crippen LogP contribution in [0.25, 0.3) is 10.9 Å². The first-order valence-corrected chi connectivity index (χ1v) is 8.49. The number of nitrogens with zero attached hydrogens (tertiary/aromatic N) is 3. The molecule has 1 heterocycles. The monoisotopic (exact) mass is 298 g/mol. The van der Waals surface area contributed by atoms with Crippen molar-refractivity contribution in [3.63, 3.8) is 0 Å². The molecule has 0 aliphatic heterocycles. The fourth-order valence-electron chi connectivity index (χ4n) is 3.21. The van der Waals surface area contributed by atoms with E-state index in [0.29, 0.717) is 0 Å². The summed E-state index contributed by atoms with van der Waals surface area (Å²) >= 11 is 0. The van der Waals surface area contributed by atoms with E-state index in [4.69, 9.17) is 4.98 Å². The predicted octanol–water partition coefficient (Wildman–Crippen LogP) is 4.08. The zero-order chi connectivity index (χ0) is 15.4. The number of fused-ring (bicyclic) bond motifs is 1. The second-order valence-electron chi connectivity index (χ2n) is 6.29. The van der Waals surface area contributed by atoms with Crippen molar-refractivity contribution in [3.8, 4) is 0 Å². The lowest BCUT2D eigenvalue weighted by Crippen LogP contribution is -2.21. The lowest BCUT2D eigenvalue weighted by Gasteiger charge is -2.23.